The first-order valence-electron chi connectivity index (χ1n) is 11.4. The molecule has 2 amide bonds. The van der Waals surface area contributed by atoms with Gasteiger partial charge in [-0.15, -0.1) is 11.8 Å². The summed E-state index contributed by atoms with van der Waals surface area (Å²) in [5.41, 5.74) is 4.36. The topological polar surface area (TPSA) is 58.2 Å². The van der Waals surface area contributed by atoms with E-state index < -0.39 is 0 Å². The third-order valence-electron chi connectivity index (χ3n) is 5.68. The molecule has 172 valence electrons. The van der Waals surface area contributed by atoms with Crippen LogP contribution < -0.4 is 10.6 Å². The molecular weight excluding hydrogens is 440 g/mol. The van der Waals surface area contributed by atoms with E-state index in [1.54, 1.807) is 0 Å². The molecule has 2 N–H and O–H groups in total. The van der Waals surface area contributed by atoms with E-state index in [1.807, 2.05) is 99.6 Å². The predicted octanol–water partition coefficient (Wildman–Crippen LogP) is 7.22. The highest BCUT2D eigenvalue weighted by Crippen LogP contribution is 2.29. The highest BCUT2D eigenvalue weighted by Gasteiger charge is 2.19. The van der Waals surface area contributed by atoms with E-state index in [9.17, 15) is 9.59 Å². The molecule has 0 spiro atoms. The number of rotatable bonds is 7. The Hall–Kier alpha value is -3.57. The van der Waals surface area contributed by atoms with Crippen LogP contribution in [0.3, 0.4) is 0 Å². The van der Waals surface area contributed by atoms with E-state index in [2.05, 4.69) is 16.7 Å². The molecule has 4 nitrogen and oxygen atoms in total. The molecule has 4 rings (SSSR count). The second-order valence-electron chi connectivity index (χ2n) is 8.37. The lowest BCUT2D eigenvalue weighted by molar-refractivity contribution is -0.115. The van der Waals surface area contributed by atoms with E-state index in [4.69, 9.17) is 0 Å². The Morgan fingerprint density at radius 3 is 2.38 bits per heavy atom. The van der Waals surface area contributed by atoms with Crippen LogP contribution in [-0.4, -0.2) is 17.1 Å². The molecule has 34 heavy (non-hydrogen) atoms. The Morgan fingerprint density at radius 1 is 0.824 bits per heavy atom. The fourth-order valence-corrected chi connectivity index (χ4v) is 4.85. The number of thioether (sulfide) groups is 1. The third kappa shape index (κ3) is 5.67. The molecule has 0 aromatic heterocycles. The Labute approximate surface area is 204 Å². The van der Waals surface area contributed by atoms with Gasteiger partial charge >= 0.3 is 0 Å². The van der Waals surface area contributed by atoms with Gasteiger partial charge in [-0.1, -0.05) is 61.0 Å². The number of nitrogens with one attached hydrogen (secondary N) is 2. The maximum Gasteiger partial charge on any atom is 0.255 e. The lowest BCUT2D eigenvalue weighted by atomic mass is 10.1. The second-order valence-corrected chi connectivity index (χ2v) is 9.64. The van der Waals surface area contributed by atoms with Crippen molar-refractivity contribution in [2.45, 2.75) is 37.3 Å². The van der Waals surface area contributed by atoms with Crippen molar-refractivity contribution < 1.29 is 9.59 Å². The Kier molecular flexibility index (Phi) is 7.33. The average molecular weight is 469 g/mol. The number of anilines is 2. The average Bonchev–Trinajstić information content (AvgIpc) is 2.84. The van der Waals surface area contributed by atoms with Gasteiger partial charge in [0.2, 0.25) is 5.91 Å². The van der Waals surface area contributed by atoms with Crippen molar-refractivity contribution in [2.24, 2.45) is 0 Å². The molecule has 4 aromatic carbocycles. The van der Waals surface area contributed by atoms with Crippen molar-refractivity contribution in [1.82, 2.24) is 0 Å². The standard InChI is InChI=1S/C29H28N2O2S/c1-4-27(29(33)31-26-15-12-19(2)16-20(26)3)34-25-11-7-10-24(18-25)30-28(32)23-14-13-21-8-5-6-9-22(21)17-23/h5-18,27H,4H2,1-3H3,(H,30,32)(H,31,33). The summed E-state index contributed by atoms with van der Waals surface area (Å²) in [5.74, 6) is -0.183. The summed E-state index contributed by atoms with van der Waals surface area (Å²) in [5, 5.41) is 7.93. The van der Waals surface area contributed by atoms with Gasteiger partial charge in [-0.25, -0.2) is 0 Å². The summed E-state index contributed by atoms with van der Waals surface area (Å²) in [6, 6.07) is 27.3. The highest BCUT2D eigenvalue weighted by molar-refractivity contribution is 8.00. The van der Waals surface area contributed by atoms with Gasteiger partial charge in [0.05, 0.1) is 5.25 Å². The van der Waals surface area contributed by atoms with Gasteiger partial charge in [-0.2, -0.15) is 0 Å². The predicted molar refractivity (Wildman–Crippen MR) is 143 cm³/mol. The summed E-state index contributed by atoms with van der Waals surface area (Å²) in [6.07, 6.45) is 0.690. The molecule has 0 saturated heterocycles. The van der Waals surface area contributed by atoms with E-state index in [1.165, 1.54) is 17.3 Å². The Balaban J connectivity index is 1.44. The highest BCUT2D eigenvalue weighted by atomic mass is 32.2. The minimum Gasteiger partial charge on any atom is -0.325 e. The molecule has 0 radical (unpaired) electrons. The first-order chi connectivity index (χ1) is 16.4. The van der Waals surface area contributed by atoms with Crippen LogP contribution in [0, 0.1) is 13.8 Å². The zero-order chi connectivity index (χ0) is 24.1. The molecule has 0 aliphatic rings. The van der Waals surface area contributed by atoms with Crippen LogP contribution in [0.4, 0.5) is 11.4 Å². The summed E-state index contributed by atoms with van der Waals surface area (Å²) in [7, 11) is 0. The zero-order valence-electron chi connectivity index (χ0n) is 19.6. The number of amides is 2. The Morgan fingerprint density at radius 2 is 1.62 bits per heavy atom. The van der Waals surface area contributed by atoms with Gasteiger partial charge in [0.15, 0.2) is 0 Å². The number of benzene rings is 4. The maximum atomic E-state index is 12.9. The van der Waals surface area contributed by atoms with Crippen molar-refractivity contribution >= 4 is 45.7 Å². The smallest absolute Gasteiger partial charge is 0.255 e. The number of fused-ring (bicyclic) bond motifs is 1. The van der Waals surface area contributed by atoms with E-state index in [0.717, 1.165) is 26.9 Å². The maximum absolute atomic E-state index is 12.9. The fourth-order valence-electron chi connectivity index (χ4n) is 3.83. The molecule has 1 unspecified atom stereocenters. The van der Waals surface area contributed by atoms with E-state index in [-0.39, 0.29) is 17.1 Å². The van der Waals surface area contributed by atoms with Crippen LogP contribution in [0.25, 0.3) is 10.8 Å². The quantitative estimate of drug-likeness (QED) is 0.282. The second kappa shape index (κ2) is 10.6. The minimum atomic E-state index is -0.243. The van der Waals surface area contributed by atoms with Gasteiger partial charge in [-0.3, -0.25) is 9.59 Å². The van der Waals surface area contributed by atoms with Crippen molar-refractivity contribution in [3.05, 3.63) is 102 Å². The van der Waals surface area contributed by atoms with Crippen LogP contribution in [0.1, 0.15) is 34.8 Å². The number of hydrogen-bond acceptors (Lipinski definition) is 3. The molecule has 1 atom stereocenters. The van der Waals surface area contributed by atoms with Crippen LogP contribution in [0.5, 0.6) is 0 Å². The van der Waals surface area contributed by atoms with Crippen LogP contribution >= 0.6 is 11.8 Å². The van der Waals surface area contributed by atoms with Crippen molar-refractivity contribution in [1.29, 1.82) is 0 Å². The largest absolute Gasteiger partial charge is 0.325 e. The van der Waals surface area contributed by atoms with Crippen LogP contribution in [0.2, 0.25) is 0 Å². The first kappa shape index (κ1) is 23.6. The summed E-state index contributed by atoms with van der Waals surface area (Å²) in [6.45, 7) is 6.04. The number of aryl methyl sites for hydroxylation is 2. The lowest BCUT2D eigenvalue weighted by Crippen LogP contribution is -2.25. The SMILES string of the molecule is CCC(Sc1cccc(NC(=O)c2ccc3ccccc3c2)c1)C(=O)Nc1ccc(C)cc1C. The molecule has 0 saturated carbocycles. The van der Waals surface area contributed by atoms with Crippen LogP contribution in [0.15, 0.2) is 89.8 Å². The summed E-state index contributed by atoms with van der Waals surface area (Å²) >= 11 is 1.50. The van der Waals surface area contributed by atoms with E-state index >= 15 is 0 Å². The molecule has 0 aliphatic carbocycles. The number of carbonyl (C=O) groups excluding carboxylic acids is 2. The monoisotopic (exact) mass is 468 g/mol. The number of hydrogen-bond donors (Lipinski definition) is 2. The lowest BCUT2D eigenvalue weighted by Gasteiger charge is -2.17. The number of carbonyl (C=O) groups is 2. The summed E-state index contributed by atoms with van der Waals surface area (Å²) < 4.78 is 0. The molecule has 5 heteroatoms. The molecule has 0 fully saturated rings. The molecule has 0 heterocycles. The molecule has 4 aromatic rings. The van der Waals surface area contributed by atoms with Gasteiger partial charge in [-0.05, 0) is 73.0 Å². The normalized spacial score (nSPS) is 11.7. The van der Waals surface area contributed by atoms with Crippen LogP contribution in [-0.2, 0) is 4.79 Å². The van der Waals surface area contributed by atoms with Crippen molar-refractivity contribution in [3.8, 4) is 0 Å². The van der Waals surface area contributed by atoms with Crippen molar-refractivity contribution in [3.63, 3.8) is 0 Å². The van der Waals surface area contributed by atoms with Gasteiger partial charge < -0.3 is 10.6 Å². The minimum absolute atomic E-state index is 0.0231. The first-order valence-corrected chi connectivity index (χ1v) is 12.3. The Bertz CT molecular complexity index is 1350. The molecule has 0 aliphatic heterocycles. The fraction of sp³-hybridized carbons (Fsp3) is 0.172. The van der Waals surface area contributed by atoms with Crippen molar-refractivity contribution in [2.75, 3.05) is 10.6 Å². The molecule has 0 bridgehead atoms. The molecular formula is C29H28N2O2S. The zero-order valence-corrected chi connectivity index (χ0v) is 20.4. The van der Waals surface area contributed by atoms with Gasteiger partial charge in [0.1, 0.15) is 0 Å². The van der Waals surface area contributed by atoms with Gasteiger partial charge in [0.25, 0.3) is 5.91 Å². The summed E-state index contributed by atoms with van der Waals surface area (Å²) in [4.78, 5) is 26.7. The van der Waals surface area contributed by atoms with Gasteiger partial charge in [0, 0.05) is 21.8 Å². The van der Waals surface area contributed by atoms with E-state index in [0.29, 0.717) is 17.7 Å². The third-order valence-corrected chi connectivity index (χ3v) is 7.04.